The van der Waals surface area contributed by atoms with E-state index in [1.165, 1.54) is 12.8 Å². The molecule has 1 N–H and O–H groups in total. The van der Waals surface area contributed by atoms with Crippen molar-refractivity contribution < 1.29 is 4.79 Å². The summed E-state index contributed by atoms with van der Waals surface area (Å²) in [5.74, 6) is 2.01. The molecular formula is C17H20ClN3OS. The molecule has 1 aliphatic rings. The molecule has 0 saturated heterocycles. The number of anilines is 1. The van der Waals surface area contributed by atoms with Gasteiger partial charge in [0, 0.05) is 16.8 Å². The van der Waals surface area contributed by atoms with E-state index < -0.39 is 0 Å². The molecule has 1 aromatic carbocycles. The summed E-state index contributed by atoms with van der Waals surface area (Å²) in [6, 6.07) is 10.0. The molecule has 1 aliphatic carbocycles. The van der Waals surface area contributed by atoms with Gasteiger partial charge in [-0.25, -0.2) is 4.68 Å². The molecule has 1 saturated carbocycles. The molecule has 23 heavy (non-hydrogen) atoms. The molecule has 1 fully saturated rings. The van der Waals surface area contributed by atoms with E-state index in [9.17, 15) is 4.79 Å². The van der Waals surface area contributed by atoms with Crippen molar-refractivity contribution in [2.75, 3.05) is 11.1 Å². The van der Waals surface area contributed by atoms with Gasteiger partial charge in [-0.2, -0.15) is 5.10 Å². The Morgan fingerprint density at radius 1 is 1.35 bits per heavy atom. The van der Waals surface area contributed by atoms with Crippen LogP contribution in [0, 0.1) is 0 Å². The van der Waals surface area contributed by atoms with Crippen LogP contribution in [0.1, 0.15) is 37.3 Å². The lowest BCUT2D eigenvalue weighted by Gasteiger charge is -2.14. The third-order valence-electron chi connectivity index (χ3n) is 4.00. The highest BCUT2D eigenvalue weighted by molar-refractivity contribution is 7.99. The van der Waals surface area contributed by atoms with Crippen molar-refractivity contribution in [1.82, 2.24) is 9.78 Å². The molecule has 0 unspecified atom stereocenters. The zero-order chi connectivity index (χ0) is 16.1. The molecule has 1 heterocycles. The second kappa shape index (κ2) is 7.88. The summed E-state index contributed by atoms with van der Waals surface area (Å²) in [6.45, 7) is 0. The summed E-state index contributed by atoms with van der Waals surface area (Å²) in [6.07, 6.45) is 6.54. The van der Waals surface area contributed by atoms with Gasteiger partial charge in [0.05, 0.1) is 18.0 Å². The molecule has 6 heteroatoms. The first-order valence-corrected chi connectivity index (χ1v) is 9.41. The average Bonchev–Trinajstić information content (AvgIpc) is 3.18. The topological polar surface area (TPSA) is 46.9 Å². The number of halogens is 1. The van der Waals surface area contributed by atoms with Crippen LogP contribution in [0.15, 0.2) is 36.5 Å². The van der Waals surface area contributed by atoms with Gasteiger partial charge in [-0.15, -0.1) is 11.8 Å². The van der Waals surface area contributed by atoms with Crippen LogP contribution in [0.5, 0.6) is 0 Å². The first-order valence-electron chi connectivity index (χ1n) is 7.88. The minimum atomic E-state index is 0.0109. The fourth-order valence-corrected chi connectivity index (χ4v) is 3.91. The number of hydrogen-bond donors (Lipinski definition) is 1. The summed E-state index contributed by atoms with van der Waals surface area (Å²) < 4.78 is 1.96. The van der Waals surface area contributed by atoms with E-state index in [0.29, 0.717) is 11.8 Å². The Morgan fingerprint density at radius 3 is 2.96 bits per heavy atom. The molecule has 0 bridgehead atoms. The fourth-order valence-electron chi connectivity index (χ4n) is 2.92. The second-order valence-corrected chi connectivity index (χ2v) is 7.19. The lowest BCUT2D eigenvalue weighted by molar-refractivity contribution is -0.113. The quantitative estimate of drug-likeness (QED) is 0.833. The average molecular weight is 350 g/mol. The van der Waals surface area contributed by atoms with Crippen LogP contribution >= 0.6 is 23.4 Å². The van der Waals surface area contributed by atoms with E-state index in [2.05, 4.69) is 10.4 Å². The van der Waals surface area contributed by atoms with Crippen molar-refractivity contribution in [3.8, 4) is 0 Å². The van der Waals surface area contributed by atoms with Gasteiger partial charge in [0.1, 0.15) is 5.82 Å². The summed E-state index contributed by atoms with van der Waals surface area (Å²) in [5.41, 5.74) is 1.13. The number of thioether (sulfide) groups is 1. The number of nitrogens with zero attached hydrogens (tertiary/aromatic N) is 2. The summed E-state index contributed by atoms with van der Waals surface area (Å²) in [5, 5.41) is 8.08. The Morgan fingerprint density at radius 2 is 2.17 bits per heavy atom. The standard InChI is InChI=1S/C17H20ClN3OS/c18-14-5-3-4-13(10-14)11-23-12-17(22)20-16-8-9-19-21(16)15-6-1-2-7-15/h3-5,8-10,15H,1-2,6-7,11-12H2,(H,20,22). The summed E-state index contributed by atoms with van der Waals surface area (Å²) in [4.78, 5) is 12.1. The Bertz CT molecular complexity index is 667. The minimum Gasteiger partial charge on any atom is -0.310 e. The largest absolute Gasteiger partial charge is 0.310 e. The SMILES string of the molecule is O=C(CSCc1cccc(Cl)c1)Nc1ccnn1C1CCCC1. The van der Waals surface area contributed by atoms with E-state index in [1.807, 2.05) is 35.0 Å². The maximum atomic E-state index is 12.1. The van der Waals surface area contributed by atoms with Gasteiger partial charge in [0.25, 0.3) is 0 Å². The van der Waals surface area contributed by atoms with Crippen LogP contribution in [0.4, 0.5) is 5.82 Å². The normalized spacial score (nSPS) is 15.0. The third-order valence-corrected chi connectivity index (χ3v) is 5.24. The highest BCUT2D eigenvalue weighted by Gasteiger charge is 2.20. The van der Waals surface area contributed by atoms with Crippen molar-refractivity contribution in [3.63, 3.8) is 0 Å². The molecule has 1 aromatic heterocycles. The van der Waals surface area contributed by atoms with Gasteiger partial charge in [0.2, 0.25) is 5.91 Å². The smallest absolute Gasteiger partial charge is 0.235 e. The van der Waals surface area contributed by atoms with Gasteiger partial charge in [-0.3, -0.25) is 4.79 Å². The number of nitrogens with one attached hydrogen (secondary N) is 1. The van der Waals surface area contributed by atoms with Gasteiger partial charge < -0.3 is 5.32 Å². The zero-order valence-electron chi connectivity index (χ0n) is 12.9. The molecular weight excluding hydrogens is 330 g/mol. The summed E-state index contributed by atoms with van der Waals surface area (Å²) in [7, 11) is 0. The Balaban J connectivity index is 1.49. The number of amides is 1. The van der Waals surface area contributed by atoms with Crippen LogP contribution in [0.3, 0.4) is 0 Å². The van der Waals surface area contributed by atoms with Crippen LogP contribution in [0.2, 0.25) is 5.02 Å². The van der Waals surface area contributed by atoms with Crippen molar-refractivity contribution in [1.29, 1.82) is 0 Å². The molecule has 0 spiro atoms. The van der Waals surface area contributed by atoms with Crippen LogP contribution in [-0.2, 0) is 10.5 Å². The molecule has 0 radical (unpaired) electrons. The number of hydrogen-bond acceptors (Lipinski definition) is 3. The number of rotatable bonds is 6. The van der Waals surface area contributed by atoms with Crippen molar-refractivity contribution >= 4 is 35.1 Å². The van der Waals surface area contributed by atoms with Crippen LogP contribution in [0.25, 0.3) is 0 Å². The predicted octanol–water partition coefficient (Wildman–Crippen LogP) is 4.52. The minimum absolute atomic E-state index is 0.0109. The van der Waals surface area contributed by atoms with Gasteiger partial charge in [-0.05, 0) is 30.5 Å². The van der Waals surface area contributed by atoms with Crippen LogP contribution in [-0.4, -0.2) is 21.4 Å². The molecule has 1 amide bonds. The molecule has 4 nitrogen and oxygen atoms in total. The van der Waals surface area contributed by atoms with Gasteiger partial charge >= 0.3 is 0 Å². The van der Waals surface area contributed by atoms with Crippen LogP contribution < -0.4 is 5.32 Å². The second-order valence-electron chi connectivity index (χ2n) is 5.77. The van der Waals surface area contributed by atoms with Crippen molar-refractivity contribution in [3.05, 3.63) is 47.1 Å². The van der Waals surface area contributed by atoms with Gasteiger partial charge in [0.15, 0.2) is 0 Å². The lowest BCUT2D eigenvalue weighted by atomic mass is 10.2. The summed E-state index contributed by atoms with van der Waals surface area (Å²) >= 11 is 7.55. The maximum absolute atomic E-state index is 12.1. The number of carbonyl (C=O) groups is 1. The Hall–Kier alpha value is -1.46. The van der Waals surface area contributed by atoms with Crippen molar-refractivity contribution in [2.24, 2.45) is 0 Å². The zero-order valence-corrected chi connectivity index (χ0v) is 14.4. The molecule has 0 aliphatic heterocycles. The van der Waals surface area contributed by atoms with Crippen molar-refractivity contribution in [2.45, 2.75) is 37.5 Å². The highest BCUT2D eigenvalue weighted by atomic mass is 35.5. The monoisotopic (exact) mass is 349 g/mol. The fraction of sp³-hybridized carbons (Fsp3) is 0.412. The molecule has 0 atom stereocenters. The predicted molar refractivity (Wildman–Crippen MR) is 96.0 cm³/mol. The van der Waals surface area contributed by atoms with E-state index in [0.717, 1.165) is 35.0 Å². The molecule has 2 aromatic rings. The first-order chi connectivity index (χ1) is 11.2. The number of benzene rings is 1. The first kappa shape index (κ1) is 16.4. The number of carbonyl (C=O) groups excluding carboxylic acids is 1. The molecule has 3 rings (SSSR count). The Labute approximate surface area is 145 Å². The van der Waals surface area contributed by atoms with E-state index in [1.54, 1.807) is 18.0 Å². The Kier molecular flexibility index (Phi) is 5.62. The lowest BCUT2D eigenvalue weighted by Crippen LogP contribution is -2.19. The highest BCUT2D eigenvalue weighted by Crippen LogP contribution is 2.31. The third kappa shape index (κ3) is 4.52. The van der Waals surface area contributed by atoms with E-state index in [-0.39, 0.29) is 5.91 Å². The van der Waals surface area contributed by atoms with Gasteiger partial charge in [-0.1, -0.05) is 36.6 Å². The molecule has 122 valence electrons. The van der Waals surface area contributed by atoms with E-state index in [4.69, 9.17) is 11.6 Å². The number of aromatic nitrogens is 2. The maximum Gasteiger partial charge on any atom is 0.235 e. The van der Waals surface area contributed by atoms with E-state index >= 15 is 0 Å².